The van der Waals surface area contributed by atoms with Crippen molar-refractivity contribution in [2.45, 2.75) is 51.6 Å². The summed E-state index contributed by atoms with van der Waals surface area (Å²) in [6.45, 7) is 2.21. The average molecular weight is 667 g/mol. The van der Waals surface area contributed by atoms with Crippen LogP contribution in [0, 0.1) is 40.8 Å². The number of fused-ring (bicyclic) bond motifs is 1. The molecule has 0 N–H and O–H groups in total. The largest absolute Gasteiger partial charge is 0.432 e. The van der Waals surface area contributed by atoms with Crippen LogP contribution in [0.2, 0.25) is 0 Å². The Labute approximate surface area is 272 Å². The standard InChI is InChI=1S/C39H30F8O/c1-2-3-4-5-22-14-25-10-11-26(16-28(25)15-22)23-6-8-24(9-7-23)27-12-13-31(32(40)17-27)29-18-33(41)37(34(42)19-29)39(46,47)48-30-20-35(43)38(45)36(44)21-30/h6-13,16-22H,2-5,14-15H2,1H3. The molecule has 1 unspecified atom stereocenters. The minimum atomic E-state index is -4.76. The topological polar surface area (TPSA) is 9.23 Å². The number of hydrogen-bond donors (Lipinski definition) is 0. The Morgan fingerprint density at radius 2 is 1.12 bits per heavy atom. The van der Waals surface area contributed by atoms with Gasteiger partial charge in [-0.25, -0.2) is 26.3 Å². The summed E-state index contributed by atoms with van der Waals surface area (Å²) < 4.78 is 119. The van der Waals surface area contributed by atoms with Crippen molar-refractivity contribution in [3.05, 3.63) is 137 Å². The number of rotatable bonds is 10. The maximum atomic E-state index is 15.3. The maximum absolute atomic E-state index is 15.3. The molecule has 0 spiro atoms. The molecule has 0 amide bonds. The summed E-state index contributed by atoms with van der Waals surface area (Å²) in [5.74, 6) is -10.6. The van der Waals surface area contributed by atoms with Crippen LogP contribution in [0.15, 0.2) is 84.9 Å². The molecule has 5 aromatic carbocycles. The number of benzene rings is 5. The molecule has 48 heavy (non-hydrogen) atoms. The first kappa shape index (κ1) is 33.2. The number of hydrogen-bond acceptors (Lipinski definition) is 1. The fourth-order valence-corrected chi connectivity index (χ4v) is 6.36. The molecule has 1 aliphatic rings. The molecule has 0 heterocycles. The Morgan fingerprint density at radius 1 is 0.583 bits per heavy atom. The Kier molecular flexibility index (Phi) is 9.32. The fraction of sp³-hybridized carbons (Fsp3) is 0.231. The summed E-state index contributed by atoms with van der Waals surface area (Å²) in [6.07, 6.45) is 2.42. The van der Waals surface area contributed by atoms with Gasteiger partial charge >= 0.3 is 6.11 Å². The predicted octanol–water partition coefficient (Wildman–Crippen LogP) is 11.9. The first-order valence-electron chi connectivity index (χ1n) is 15.7. The van der Waals surface area contributed by atoms with Crippen molar-refractivity contribution in [3.63, 3.8) is 0 Å². The van der Waals surface area contributed by atoms with Gasteiger partial charge in [-0.1, -0.05) is 80.8 Å². The van der Waals surface area contributed by atoms with E-state index in [-0.39, 0.29) is 23.3 Å². The molecule has 0 saturated heterocycles. The second-order valence-corrected chi connectivity index (χ2v) is 12.2. The highest BCUT2D eigenvalue weighted by atomic mass is 19.3. The highest BCUT2D eigenvalue weighted by Gasteiger charge is 2.41. The number of unbranched alkanes of at least 4 members (excludes halogenated alkanes) is 2. The Balaban J connectivity index is 1.18. The van der Waals surface area contributed by atoms with Gasteiger partial charge in [0, 0.05) is 17.7 Å². The van der Waals surface area contributed by atoms with Crippen molar-refractivity contribution in [2.75, 3.05) is 0 Å². The van der Waals surface area contributed by atoms with Crippen molar-refractivity contribution < 1.29 is 39.9 Å². The zero-order valence-corrected chi connectivity index (χ0v) is 25.8. The van der Waals surface area contributed by atoms with E-state index in [0.717, 1.165) is 24.0 Å². The third-order valence-corrected chi connectivity index (χ3v) is 8.81. The summed E-state index contributed by atoms with van der Waals surface area (Å²) in [5.41, 5.74) is 3.58. The molecular formula is C39H30F8O. The van der Waals surface area contributed by atoms with Crippen LogP contribution < -0.4 is 4.74 Å². The molecule has 0 aliphatic heterocycles. The predicted molar refractivity (Wildman–Crippen MR) is 169 cm³/mol. The summed E-state index contributed by atoms with van der Waals surface area (Å²) in [6, 6.07) is 19.4. The zero-order chi connectivity index (χ0) is 34.2. The normalized spacial score (nSPS) is 14.3. The lowest BCUT2D eigenvalue weighted by Crippen LogP contribution is -2.25. The first-order valence-corrected chi connectivity index (χ1v) is 15.7. The number of halogens is 8. The van der Waals surface area contributed by atoms with Gasteiger partial charge in [-0.05, 0) is 82.3 Å². The lowest BCUT2D eigenvalue weighted by atomic mass is 9.96. The molecule has 0 aromatic heterocycles. The van der Waals surface area contributed by atoms with Crippen LogP contribution in [0.25, 0.3) is 33.4 Å². The number of ether oxygens (including phenoxy) is 1. The molecule has 0 bridgehead atoms. The van der Waals surface area contributed by atoms with Crippen LogP contribution in [-0.2, 0) is 19.0 Å². The van der Waals surface area contributed by atoms with Crippen LogP contribution in [0.4, 0.5) is 35.1 Å². The van der Waals surface area contributed by atoms with Gasteiger partial charge in [0.05, 0.1) is 0 Å². The first-order chi connectivity index (χ1) is 22.9. The molecule has 1 nitrogen and oxygen atoms in total. The van der Waals surface area contributed by atoms with Gasteiger partial charge in [0.1, 0.15) is 28.8 Å². The van der Waals surface area contributed by atoms with E-state index in [1.54, 1.807) is 6.07 Å². The minimum Gasteiger partial charge on any atom is -0.429 e. The van der Waals surface area contributed by atoms with Gasteiger partial charge in [-0.15, -0.1) is 0 Å². The molecule has 248 valence electrons. The fourth-order valence-electron chi connectivity index (χ4n) is 6.36. The Hall–Kier alpha value is -4.66. The quantitative estimate of drug-likeness (QED) is 0.0819. The molecule has 0 fully saturated rings. The van der Waals surface area contributed by atoms with Crippen molar-refractivity contribution in [1.82, 2.24) is 0 Å². The lowest BCUT2D eigenvalue weighted by molar-refractivity contribution is -0.189. The minimum absolute atomic E-state index is 0.109. The van der Waals surface area contributed by atoms with E-state index in [4.69, 9.17) is 0 Å². The lowest BCUT2D eigenvalue weighted by Gasteiger charge is -2.20. The Bertz CT molecular complexity index is 1920. The average Bonchev–Trinajstić information content (AvgIpc) is 3.45. The highest BCUT2D eigenvalue weighted by molar-refractivity contribution is 5.74. The van der Waals surface area contributed by atoms with Crippen molar-refractivity contribution in [1.29, 1.82) is 0 Å². The van der Waals surface area contributed by atoms with Crippen molar-refractivity contribution >= 4 is 0 Å². The van der Waals surface area contributed by atoms with Crippen LogP contribution in [0.3, 0.4) is 0 Å². The zero-order valence-electron chi connectivity index (χ0n) is 25.8. The maximum Gasteiger partial charge on any atom is 0.432 e. The molecule has 1 aliphatic carbocycles. The molecule has 1 atom stereocenters. The summed E-state index contributed by atoms with van der Waals surface area (Å²) in [5, 5.41) is 0. The molecule has 5 aromatic rings. The second-order valence-electron chi connectivity index (χ2n) is 12.2. The van der Waals surface area contributed by atoms with E-state index in [1.807, 2.05) is 24.3 Å². The van der Waals surface area contributed by atoms with Gasteiger partial charge in [0.2, 0.25) is 0 Å². The molecular weight excluding hydrogens is 636 g/mol. The van der Waals surface area contributed by atoms with E-state index >= 15 is 4.39 Å². The third kappa shape index (κ3) is 6.82. The summed E-state index contributed by atoms with van der Waals surface area (Å²) in [7, 11) is 0. The monoisotopic (exact) mass is 666 g/mol. The van der Waals surface area contributed by atoms with Gasteiger partial charge in [0.15, 0.2) is 17.5 Å². The summed E-state index contributed by atoms with van der Waals surface area (Å²) >= 11 is 0. The van der Waals surface area contributed by atoms with Gasteiger partial charge in [-0.3, -0.25) is 0 Å². The molecule has 0 radical (unpaired) electrons. The van der Waals surface area contributed by atoms with Gasteiger partial charge in [-0.2, -0.15) is 8.78 Å². The van der Waals surface area contributed by atoms with E-state index in [2.05, 4.69) is 29.9 Å². The van der Waals surface area contributed by atoms with Crippen molar-refractivity contribution in [2.24, 2.45) is 5.92 Å². The van der Waals surface area contributed by atoms with Crippen molar-refractivity contribution in [3.8, 4) is 39.1 Å². The van der Waals surface area contributed by atoms with Gasteiger partial charge < -0.3 is 4.74 Å². The Morgan fingerprint density at radius 3 is 1.73 bits per heavy atom. The van der Waals surface area contributed by atoms with Gasteiger partial charge in [0.25, 0.3) is 0 Å². The third-order valence-electron chi connectivity index (χ3n) is 8.81. The van der Waals surface area contributed by atoms with E-state index < -0.39 is 52.3 Å². The van der Waals surface area contributed by atoms with Crippen LogP contribution in [-0.4, -0.2) is 0 Å². The van der Waals surface area contributed by atoms with E-state index in [0.29, 0.717) is 29.2 Å². The smallest absolute Gasteiger partial charge is 0.429 e. The van der Waals surface area contributed by atoms with Crippen LogP contribution in [0.1, 0.15) is 49.3 Å². The van der Waals surface area contributed by atoms with Crippen LogP contribution in [0.5, 0.6) is 5.75 Å². The highest BCUT2D eigenvalue weighted by Crippen LogP contribution is 2.39. The molecule has 0 saturated carbocycles. The second kappa shape index (κ2) is 13.5. The molecule has 9 heteroatoms. The van der Waals surface area contributed by atoms with Crippen LogP contribution >= 0.6 is 0 Å². The van der Waals surface area contributed by atoms with E-state index in [1.165, 1.54) is 48.9 Å². The van der Waals surface area contributed by atoms with E-state index in [9.17, 15) is 30.7 Å². The summed E-state index contributed by atoms with van der Waals surface area (Å²) in [4.78, 5) is 0. The SMILES string of the molecule is CCCCCC1Cc2ccc(-c3ccc(-c4ccc(-c5cc(F)c(C(F)(F)Oc6cc(F)c(F)c(F)c6)c(F)c5)c(F)c4)cc3)cc2C1. The number of alkyl halides is 2. The molecule has 6 rings (SSSR count).